The number of imidazole rings is 2. The number of H-pyrrole nitrogens is 2. The Morgan fingerprint density at radius 2 is 1.35 bits per heavy atom. The molecule has 1 atom stereocenters. The molecule has 10 aromatic rings. The fraction of sp³-hybridized carbons (Fsp3) is 0.120. The van der Waals surface area contributed by atoms with Gasteiger partial charge in [-0.05, 0) is 109 Å². The lowest BCUT2D eigenvalue weighted by Crippen LogP contribution is -2.36. The summed E-state index contributed by atoms with van der Waals surface area (Å²) in [6.07, 6.45) is 5.47. The standard InChI is InChI=1S/C50H38Cl2F2N12O2/c1-30(35-20-37(52)23-39(54)21-35)66(41-13-7-33(8-14-41)45-24-55-28-56-45)49(68)27-65-47-15-6-31(18-43(47)60-62-65)19-44-50(58-29-57-44)34-9-11-40(12-10-34)63(25-32-16-36(51)22-38(53)17-32)48(67)26-64-46-5-3-2-4-42(46)59-61-64/h2-18,20-24,28-30H,19,25-27H2,1H3,(H,55,56)(H,57,58)/t30-/m1/s1. The third kappa shape index (κ3) is 9.19. The number of aromatic nitrogens is 10. The summed E-state index contributed by atoms with van der Waals surface area (Å²) < 4.78 is 32.1. The number of rotatable bonds is 14. The molecule has 0 bridgehead atoms. The van der Waals surface area contributed by atoms with Crippen molar-refractivity contribution >= 4 is 68.5 Å². The zero-order valence-corrected chi connectivity index (χ0v) is 37.6. The number of halogens is 4. The summed E-state index contributed by atoms with van der Waals surface area (Å²) in [5.41, 5.74) is 9.69. The van der Waals surface area contributed by atoms with E-state index in [1.807, 2.05) is 97.9 Å². The number of anilines is 2. The van der Waals surface area contributed by atoms with Crippen LogP contribution in [-0.2, 0) is 35.6 Å². The number of para-hydroxylation sites is 1. The van der Waals surface area contributed by atoms with E-state index < -0.39 is 17.7 Å². The number of nitrogens with zero attached hydrogens (tertiary/aromatic N) is 10. The van der Waals surface area contributed by atoms with Crippen molar-refractivity contribution in [3.63, 3.8) is 0 Å². The van der Waals surface area contributed by atoms with Crippen LogP contribution in [-0.4, -0.2) is 61.7 Å². The van der Waals surface area contributed by atoms with Crippen LogP contribution in [0.2, 0.25) is 10.0 Å². The molecule has 4 heterocycles. The second-order valence-electron chi connectivity index (χ2n) is 16.2. The van der Waals surface area contributed by atoms with Crippen LogP contribution in [0.3, 0.4) is 0 Å². The molecular weight excluding hydrogens is 910 g/mol. The number of hydrogen-bond acceptors (Lipinski definition) is 8. The summed E-state index contributed by atoms with van der Waals surface area (Å²) in [5, 5.41) is 17.6. The first-order valence-corrected chi connectivity index (χ1v) is 22.1. The monoisotopic (exact) mass is 946 g/mol. The zero-order chi connectivity index (χ0) is 46.9. The molecule has 0 spiro atoms. The van der Waals surface area contributed by atoms with E-state index in [1.165, 1.54) is 28.9 Å². The summed E-state index contributed by atoms with van der Waals surface area (Å²) in [6, 6.07) is 35.8. The Kier molecular flexibility index (Phi) is 12.0. The van der Waals surface area contributed by atoms with E-state index in [0.29, 0.717) is 56.7 Å². The highest BCUT2D eigenvalue weighted by Gasteiger charge is 2.26. The number of carbonyl (C=O) groups is 2. The maximum absolute atomic E-state index is 14.6. The van der Waals surface area contributed by atoms with Crippen molar-refractivity contribution in [3.05, 3.63) is 190 Å². The molecule has 14 nitrogen and oxygen atoms in total. The molecule has 2 amide bonds. The summed E-state index contributed by atoms with van der Waals surface area (Å²) in [7, 11) is 0. The SMILES string of the molecule is C[C@H](c1cc(F)cc(Cl)c1)N(C(=O)Cn1nnc2cc(Cc3[nH]cnc3-c3ccc(N(Cc4cc(F)cc(Cl)c4)C(=O)Cn4nnc5ccccc54)cc3)ccc21)c1ccc(-c2c[nH]cn2)cc1. The molecule has 0 saturated heterocycles. The van der Waals surface area contributed by atoms with E-state index in [0.717, 1.165) is 28.1 Å². The van der Waals surface area contributed by atoms with Crippen LogP contribution in [0.1, 0.15) is 35.3 Å². The Bertz CT molecular complexity index is 3410. The highest BCUT2D eigenvalue weighted by molar-refractivity contribution is 6.31. The van der Waals surface area contributed by atoms with Crippen LogP contribution in [0, 0.1) is 11.6 Å². The number of amides is 2. The highest BCUT2D eigenvalue weighted by Crippen LogP contribution is 2.33. The quantitative estimate of drug-likeness (QED) is 0.109. The van der Waals surface area contributed by atoms with Gasteiger partial charge in [-0.15, -0.1) is 10.2 Å². The van der Waals surface area contributed by atoms with E-state index in [9.17, 15) is 18.4 Å². The number of nitrogens with one attached hydrogen (secondary N) is 2. The first kappa shape index (κ1) is 43.8. The summed E-state index contributed by atoms with van der Waals surface area (Å²) in [4.78, 5) is 46.7. The predicted octanol–water partition coefficient (Wildman–Crippen LogP) is 10.2. The van der Waals surface area contributed by atoms with E-state index in [2.05, 4.69) is 40.6 Å². The van der Waals surface area contributed by atoms with Crippen LogP contribution in [0.15, 0.2) is 146 Å². The number of carbonyl (C=O) groups excluding carboxylic acids is 2. The lowest BCUT2D eigenvalue weighted by molar-refractivity contribution is -0.120. The van der Waals surface area contributed by atoms with E-state index >= 15 is 0 Å². The van der Waals surface area contributed by atoms with E-state index in [1.54, 1.807) is 45.5 Å². The Morgan fingerprint density at radius 1 is 0.676 bits per heavy atom. The third-order valence-electron chi connectivity index (χ3n) is 11.6. The molecule has 0 aliphatic rings. The smallest absolute Gasteiger partial charge is 0.249 e. The molecular formula is C50H38Cl2F2N12O2. The molecule has 2 N–H and O–H groups in total. The fourth-order valence-electron chi connectivity index (χ4n) is 8.37. The average molecular weight is 948 g/mol. The maximum atomic E-state index is 14.6. The van der Waals surface area contributed by atoms with Crippen molar-refractivity contribution in [2.45, 2.75) is 39.0 Å². The number of fused-ring (bicyclic) bond motifs is 2. The average Bonchev–Trinajstić information content (AvgIpc) is 4.17. The largest absolute Gasteiger partial charge is 0.351 e. The van der Waals surface area contributed by atoms with Crippen LogP contribution in [0.5, 0.6) is 0 Å². The lowest BCUT2D eigenvalue weighted by Gasteiger charge is -2.30. The molecule has 0 aliphatic heterocycles. The molecule has 0 fully saturated rings. The second-order valence-corrected chi connectivity index (χ2v) is 17.0. The molecule has 338 valence electrons. The second kappa shape index (κ2) is 18.7. The van der Waals surface area contributed by atoms with Gasteiger partial charge in [0.15, 0.2) is 0 Å². The van der Waals surface area contributed by atoms with E-state index in [4.69, 9.17) is 23.2 Å². The first-order valence-electron chi connectivity index (χ1n) is 21.4. The molecule has 0 saturated carbocycles. The molecule has 4 aromatic heterocycles. The maximum Gasteiger partial charge on any atom is 0.249 e. The third-order valence-corrected chi connectivity index (χ3v) is 12.1. The van der Waals surface area contributed by atoms with Gasteiger partial charge in [0.25, 0.3) is 0 Å². The van der Waals surface area contributed by atoms with Gasteiger partial charge < -0.3 is 19.8 Å². The van der Waals surface area contributed by atoms with E-state index in [-0.39, 0.29) is 41.5 Å². The fourth-order valence-corrected chi connectivity index (χ4v) is 8.85. The predicted molar refractivity (Wildman–Crippen MR) is 256 cm³/mol. The Balaban J connectivity index is 0.875. The van der Waals surface area contributed by atoms with Crippen molar-refractivity contribution in [1.82, 2.24) is 49.9 Å². The molecule has 0 unspecified atom stereocenters. The van der Waals surface area contributed by atoms with Crippen molar-refractivity contribution in [2.75, 3.05) is 9.80 Å². The van der Waals surface area contributed by atoms with Gasteiger partial charge >= 0.3 is 0 Å². The van der Waals surface area contributed by atoms with Crippen molar-refractivity contribution < 1.29 is 18.4 Å². The lowest BCUT2D eigenvalue weighted by atomic mass is 10.0. The number of benzene rings is 6. The highest BCUT2D eigenvalue weighted by atomic mass is 35.5. The van der Waals surface area contributed by atoms with Gasteiger partial charge in [0.1, 0.15) is 35.8 Å². The van der Waals surface area contributed by atoms with Gasteiger partial charge in [-0.2, -0.15) is 0 Å². The molecule has 10 rings (SSSR count). The normalized spacial score (nSPS) is 11.9. The van der Waals surface area contributed by atoms with Gasteiger partial charge in [0.2, 0.25) is 11.8 Å². The minimum Gasteiger partial charge on any atom is -0.351 e. The topological polar surface area (TPSA) is 159 Å². The molecule has 18 heteroatoms. The zero-order valence-electron chi connectivity index (χ0n) is 36.1. The molecule has 6 aromatic carbocycles. The summed E-state index contributed by atoms with van der Waals surface area (Å²) in [6.45, 7) is 1.62. The van der Waals surface area contributed by atoms with Crippen molar-refractivity contribution in [2.24, 2.45) is 0 Å². The molecule has 0 radical (unpaired) electrons. The van der Waals surface area contributed by atoms with Gasteiger partial charge in [-0.25, -0.2) is 28.1 Å². The molecule has 68 heavy (non-hydrogen) atoms. The van der Waals surface area contributed by atoms with Gasteiger partial charge in [-0.3, -0.25) is 9.59 Å². The minimum atomic E-state index is -0.596. The molecule has 0 aliphatic carbocycles. The Labute approximate surface area is 396 Å². The Hall–Kier alpha value is -8.08. The van der Waals surface area contributed by atoms with Gasteiger partial charge in [-0.1, -0.05) is 76.1 Å². The van der Waals surface area contributed by atoms with Crippen LogP contribution >= 0.6 is 23.2 Å². The Morgan fingerprint density at radius 3 is 2.09 bits per heavy atom. The first-order chi connectivity index (χ1) is 33.0. The van der Waals surface area contributed by atoms with Gasteiger partial charge in [0.05, 0.1) is 47.7 Å². The van der Waals surface area contributed by atoms with Crippen molar-refractivity contribution in [3.8, 4) is 22.5 Å². The summed E-state index contributed by atoms with van der Waals surface area (Å²) in [5.74, 6) is -1.60. The van der Waals surface area contributed by atoms with Crippen LogP contribution < -0.4 is 9.80 Å². The summed E-state index contributed by atoms with van der Waals surface area (Å²) >= 11 is 12.5. The van der Waals surface area contributed by atoms with Crippen molar-refractivity contribution in [1.29, 1.82) is 0 Å². The van der Waals surface area contributed by atoms with Crippen LogP contribution in [0.4, 0.5) is 20.2 Å². The number of hydrogen-bond donors (Lipinski definition) is 2. The van der Waals surface area contributed by atoms with Crippen LogP contribution in [0.25, 0.3) is 44.6 Å². The minimum absolute atomic E-state index is 0.0554. The number of aromatic amines is 2. The van der Waals surface area contributed by atoms with Gasteiger partial charge in [0, 0.05) is 50.9 Å².